The Morgan fingerprint density at radius 1 is 0.426 bits per heavy atom. The molecule has 13 nitrogen and oxygen atoms in total. The van der Waals surface area contributed by atoms with Crippen molar-refractivity contribution in [2.75, 3.05) is 91.4 Å². The number of quaternary nitrogens is 1. The molecule has 0 radical (unpaired) electrons. The summed E-state index contributed by atoms with van der Waals surface area (Å²) in [5.74, 6) is -0.409. The van der Waals surface area contributed by atoms with Crippen molar-refractivity contribution in [2.45, 2.75) is 106 Å². The van der Waals surface area contributed by atoms with Crippen molar-refractivity contribution in [1.82, 2.24) is 0 Å². The van der Waals surface area contributed by atoms with E-state index in [9.17, 15) is 13.0 Å². The molecule has 0 aliphatic rings. The zero-order valence-electron chi connectivity index (χ0n) is 31.1. The van der Waals surface area contributed by atoms with E-state index in [2.05, 4.69) is 0 Å². The summed E-state index contributed by atoms with van der Waals surface area (Å²) in [5, 5.41) is 0. The maximum atomic E-state index is 11.7. The van der Waals surface area contributed by atoms with Crippen LogP contribution >= 0.6 is 0 Å². The van der Waals surface area contributed by atoms with Gasteiger partial charge in [-0.1, -0.05) is 0 Å². The standard InChI is InChI=1S/C30H69NO12SSi3/c1-10-35-45(36-11-2,37-12-3)28-20-24-31(23-19-27-44(32,33)34,25-21-29-46(38-13-4,39-14-5)40-15-6)26-22-30-47(41-16-7,42-17-8)43-18-9/h10-30H2,1-9H3. The van der Waals surface area contributed by atoms with Crippen molar-refractivity contribution in [3.05, 3.63) is 0 Å². The molecule has 0 saturated carbocycles. The molecule has 0 atom stereocenters. The van der Waals surface area contributed by atoms with Gasteiger partial charge >= 0.3 is 26.4 Å². The molecule has 0 aliphatic carbocycles. The fourth-order valence-electron chi connectivity index (χ4n) is 6.14. The van der Waals surface area contributed by atoms with Crippen LogP contribution in [0, 0.1) is 0 Å². The largest absolute Gasteiger partial charge is 0.748 e. The van der Waals surface area contributed by atoms with Crippen LogP contribution in [0.2, 0.25) is 18.1 Å². The average Bonchev–Trinajstić information content (AvgIpc) is 2.98. The molecular formula is C30H69NO12SSi3. The molecular weight excluding hydrogens is 683 g/mol. The highest BCUT2D eigenvalue weighted by molar-refractivity contribution is 7.85. The zero-order valence-corrected chi connectivity index (χ0v) is 34.9. The molecule has 0 aromatic rings. The maximum absolute atomic E-state index is 11.7. The monoisotopic (exact) mass is 751 g/mol. The van der Waals surface area contributed by atoms with E-state index in [4.69, 9.17) is 39.8 Å². The van der Waals surface area contributed by atoms with Gasteiger partial charge in [-0.05, 0) is 62.3 Å². The Kier molecular flexibility index (Phi) is 26.1. The highest BCUT2D eigenvalue weighted by Gasteiger charge is 2.44. The molecule has 0 bridgehead atoms. The van der Waals surface area contributed by atoms with E-state index in [0.29, 0.717) is 88.6 Å². The first-order valence-corrected chi connectivity index (χ1v) is 25.3. The topological polar surface area (TPSA) is 140 Å². The first-order valence-electron chi connectivity index (χ1n) is 17.9. The lowest BCUT2D eigenvalue weighted by Gasteiger charge is -2.41. The molecule has 0 heterocycles. The minimum absolute atomic E-state index is 0.257. The van der Waals surface area contributed by atoms with Gasteiger partial charge in [-0.25, -0.2) is 8.42 Å². The van der Waals surface area contributed by atoms with Gasteiger partial charge in [0.1, 0.15) is 0 Å². The van der Waals surface area contributed by atoms with E-state index in [0.717, 1.165) is 38.9 Å². The molecule has 0 aromatic heterocycles. The smallest absolute Gasteiger partial charge is 0.501 e. The molecule has 0 N–H and O–H groups in total. The van der Waals surface area contributed by atoms with Crippen molar-refractivity contribution in [1.29, 1.82) is 0 Å². The molecule has 0 saturated heterocycles. The summed E-state index contributed by atoms with van der Waals surface area (Å²) in [7, 11) is -13.1. The highest BCUT2D eigenvalue weighted by Crippen LogP contribution is 2.26. The van der Waals surface area contributed by atoms with Crippen LogP contribution in [0.25, 0.3) is 0 Å². The van der Waals surface area contributed by atoms with Crippen molar-refractivity contribution in [3.8, 4) is 0 Å². The van der Waals surface area contributed by atoms with Gasteiger partial charge in [0.25, 0.3) is 0 Å². The van der Waals surface area contributed by atoms with Gasteiger partial charge in [0.2, 0.25) is 0 Å². The molecule has 0 aromatic carbocycles. The first kappa shape index (κ1) is 47.2. The fourth-order valence-corrected chi connectivity index (χ4v) is 14.4. The molecule has 284 valence electrons. The Morgan fingerprint density at radius 3 is 0.830 bits per heavy atom. The quantitative estimate of drug-likeness (QED) is 0.0494. The Labute approximate surface area is 290 Å². The van der Waals surface area contributed by atoms with Crippen LogP contribution in [-0.2, 0) is 50.0 Å². The molecule has 0 fully saturated rings. The molecule has 0 rings (SSSR count). The lowest BCUT2D eigenvalue weighted by atomic mass is 10.2. The van der Waals surface area contributed by atoms with Crippen molar-refractivity contribution < 1.29 is 57.3 Å². The summed E-state index contributed by atoms with van der Waals surface area (Å²) in [5.41, 5.74) is 0. The SMILES string of the molecule is CCO[Si](CCC[N+](CCC[Si](OCC)(OCC)OCC)(CCC[Si](OCC)(OCC)OCC)CCCS(=O)(=O)[O-])(OCC)OCC. The number of hydrogen-bond acceptors (Lipinski definition) is 12. The minimum atomic E-state index is -4.36. The Morgan fingerprint density at radius 2 is 0.638 bits per heavy atom. The van der Waals surface area contributed by atoms with Crippen molar-refractivity contribution in [2.24, 2.45) is 0 Å². The van der Waals surface area contributed by atoms with E-state index in [1.165, 1.54) is 0 Å². The lowest BCUT2D eigenvalue weighted by Crippen LogP contribution is -2.54. The van der Waals surface area contributed by atoms with Crippen LogP contribution in [0.1, 0.15) is 88.0 Å². The van der Waals surface area contributed by atoms with Crippen molar-refractivity contribution >= 4 is 36.5 Å². The third-order valence-corrected chi connectivity index (χ3v) is 17.9. The van der Waals surface area contributed by atoms with Gasteiger partial charge < -0.3 is 48.9 Å². The van der Waals surface area contributed by atoms with Crippen LogP contribution in [0.4, 0.5) is 0 Å². The molecule has 0 amide bonds. The lowest BCUT2D eigenvalue weighted by molar-refractivity contribution is -0.928. The summed E-state index contributed by atoms with van der Waals surface area (Å²) in [4.78, 5) is 0. The third kappa shape index (κ3) is 19.4. The van der Waals surface area contributed by atoms with E-state index in [1.807, 2.05) is 62.3 Å². The average molecular weight is 752 g/mol. The second-order valence-corrected chi connectivity index (χ2v) is 20.8. The van der Waals surface area contributed by atoms with Gasteiger partial charge in [-0.2, -0.15) is 0 Å². The molecule has 0 spiro atoms. The minimum Gasteiger partial charge on any atom is -0.748 e. The van der Waals surface area contributed by atoms with Crippen molar-refractivity contribution in [3.63, 3.8) is 0 Å². The fraction of sp³-hybridized carbons (Fsp3) is 1.00. The Hall–Kier alpha value is 0.161. The normalized spacial score (nSPS) is 13.5. The first-order chi connectivity index (χ1) is 22.4. The zero-order chi connectivity index (χ0) is 35.7. The summed E-state index contributed by atoms with van der Waals surface area (Å²) < 4.78 is 91.0. The van der Waals surface area contributed by atoms with E-state index in [1.54, 1.807) is 0 Å². The van der Waals surface area contributed by atoms with Gasteiger partial charge in [0.15, 0.2) is 0 Å². The maximum Gasteiger partial charge on any atom is 0.501 e. The molecule has 0 unspecified atom stereocenters. The summed E-state index contributed by atoms with van der Waals surface area (Å²) in [6.45, 7) is 24.6. The predicted molar refractivity (Wildman–Crippen MR) is 189 cm³/mol. The molecule has 0 aliphatic heterocycles. The third-order valence-electron chi connectivity index (χ3n) is 7.65. The summed E-state index contributed by atoms with van der Waals surface area (Å²) in [6, 6.07) is 1.90. The summed E-state index contributed by atoms with van der Waals surface area (Å²) in [6.07, 6.45) is 2.48. The number of nitrogens with zero attached hydrogens (tertiary/aromatic N) is 1. The van der Waals surface area contributed by atoms with E-state index < -0.39 is 42.3 Å². The van der Waals surface area contributed by atoms with Crippen LogP contribution in [0.3, 0.4) is 0 Å². The second-order valence-electron chi connectivity index (χ2n) is 11.1. The van der Waals surface area contributed by atoms with Gasteiger partial charge in [-0.15, -0.1) is 0 Å². The van der Waals surface area contributed by atoms with Crippen LogP contribution in [0.5, 0.6) is 0 Å². The second kappa shape index (κ2) is 26.0. The number of rotatable bonds is 34. The Bertz CT molecular complexity index is 745. The van der Waals surface area contributed by atoms with E-state index in [-0.39, 0.29) is 6.42 Å². The van der Waals surface area contributed by atoms with Crippen LogP contribution in [-0.4, -0.2) is 135 Å². The molecule has 17 heteroatoms. The summed E-state index contributed by atoms with van der Waals surface area (Å²) >= 11 is 0. The Balaban J connectivity index is 6.51. The predicted octanol–water partition coefficient (Wildman–Crippen LogP) is 5.05. The van der Waals surface area contributed by atoms with Crippen LogP contribution < -0.4 is 0 Å². The van der Waals surface area contributed by atoms with Gasteiger partial charge in [-0.3, -0.25) is 0 Å². The molecule has 47 heavy (non-hydrogen) atoms. The highest BCUT2D eigenvalue weighted by atomic mass is 32.2. The van der Waals surface area contributed by atoms with E-state index >= 15 is 0 Å². The van der Waals surface area contributed by atoms with Gasteiger partial charge in [0, 0.05) is 109 Å². The van der Waals surface area contributed by atoms with Gasteiger partial charge in [0.05, 0.1) is 36.3 Å². The number of hydrogen-bond donors (Lipinski definition) is 0. The van der Waals surface area contributed by atoms with Crippen LogP contribution in [0.15, 0.2) is 0 Å².